The summed E-state index contributed by atoms with van der Waals surface area (Å²) in [5, 5.41) is 4.29. The molecule has 0 saturated heterocycles. The number of aromatic nitrogens is 3. The molecule has 1 unspecified atom stereocenters. The number of rotatable bonds is 7. The van der Waals surface area contributed by atoms with E-state index in [0.717, 1.165) is 39.2 Å². The Labute approximate surface area is 198 Å². The molecule has 1 atom stereocenters. The van der Waals surface area contributed by atoms with E-state index in [0.29, 0.717) is 12.8 Å². The minimum Gasteiger partial charge on any atom is -0.503 e. The average Bonchev–Trinajstić information content (AvgIpc) is 3.50. The van der Waals surface area contributed by atoms with Gasteiger partial charge >= 0.3 is 0 Å². The summed E-state index contributed by atoms with van der Waals surface area (Å²) in [5.74, 6) is 0. The third-order valence-corrected chi connectivity index (χ3v) is 7.68. The van der Waals surface area contributed by atoms with Crippen LogP contribution in [0.15, 0.2) is 91.7 Å². The molecule has 0 spiro atoms. The standard InChI is InChI=1S/C26H24N4O3S/c1-33-16-15-28-34(31,32)25-10-8-20-17-21(7-9-23(20)25)24-18-30(22-5-3-2-4-6-22)29-26(24)19-11-13-27-14-12-19/h2-7,9,11-18,25,28H,8,10H2,1H3/b16-15-. The Bertz CT molecular complexity index is 1430. The van der Waals surface area contributed by atoms with Crippen molar-refractivity contribution in [2.45, 2.75) is 18.1 Å². The molecular formula is C26H24N4O3S. The second-order valence-corrected chi connectivity index (χ2v) is 9.94. The van der Waals surface area contributed by atoms with E-state index in [4.69, 9.17) is 9.84 Å². The summed E-state index contributed by atoms with van der Waals surface area (Å²) < 4.78 is 34.7. The van der Waals surface area contributed by atoms with Crippen LogP contribution in [-0.2, 0) is 21.2 Å². The van der Waals surface area contributed by atoms with Crippen molar-refractivity contribution in [1.29, 1.82) is 0 Å². The van der Waals surface area contributed by atoms with E-state index in [-0.39, 0.29) is 0 Å². The first-order valence-corrected chi connectivity index (χ1v) is 12.5. The molecular weight excluding hydrogens is 448 g/mol. The molecule has 0 fully saturated rings. The van der Waals surface area contributed by atoms with Gasteiger partial charge in [0.15, 0.2) is 0 Å². The number of nitrogens with one attached hydrogen (secondary N) is 1. The topological polar surface area (TPSA) is 86.1 Å². The van der Waals surface area contributed by atoms with Crippen LogP contribution in [-0.4, -0.2) is 30.3 Å². The summed E-state index contributed by atoms with van der Waals surface area (Å²) >= 11 is 0. The predicted molar refractivity (Wildman–Crippen MR) is 131 cm³/mol. The number of hydrogen-bond acceptors (Lipinski definition) is 5. The van der Waals surface area contributed by atoms with Gasteiger partial charge in [0.25, 0.3) is 0 Å². The van der Waals surface area contributed by atoms with Gasteiger partial charge in [0.05, 0.1) is 19.1 Å². The molecule has 0 saturated carbocycles. The molecule has 7 nitrogen and oxygen atoms in total. The van der Waals surface area contributed by atoms with Crippen LogP contribution < -0.4 is 4.72 Å². The number of aryl methyl sites for hydroxylation is 1. The Kier molecular flexibility index (Phi) is 5.90. The van der Waals surface area contributed by atoms with E-state index < -0.39 is 15.3 Å². The lowest BCUT2D eigenvalue weighted by molar-refractivity contribution is 0.336. The molecule has 8 heteroatoms. The number of pyridine rings is 1. The molecule has 2 heterocycles. The zero-order valence-electron chi connectivity index (χ0n) is 18.6. The van der Waals surface area contributed by atoms with Crippen LogP contribution in [0.3, 0.4) is 0 Å². The third kappa shape index (κ3) is 4.20. The molecule has 0 radical (unpaired) electrons. The number of methoxy groups -OCH3 is 1. The van der Waals surface area contributed by atoms with Crippen LogP contribution in [0.1, 0.15) is 22.8 Å². The Morgan fingerprint density at radius 2 is 1.85 bits per heavy atom. The molecule has 1 aliphatic rings. The van der Waals surface area contributed by atoms with Gasteiger partial charge in [-0.1, -0.05) is 36.4 Å². The monoisotopic (exact) mass is 472 g/mol. The third-order valence-electron chi connectivity index (χ3n) is 5.98. The summed E-state index contributed by atoms with van der Waals surface area (Å²) in [7, 11) is -2.08. The highest BCUT2D eigenvalue weighted by Gasteiger charge is 2.33. The number of fused-ring (bicyclic) bond motifs is 1. The molecule has 172 valence electrons. The summed E-state index contributed by atoms with van der Waals surface area (Å²) in [6, 6.07) is 19.8. The van der Waals surface area contributed by atoms with Crippen LogP contribution in [0.4, 0.5) is 0 Å². The van der Waals surface area contributed by atoms with Gasteiger partial charge < -0.3 is 4.74 Å². The number of sulfonamides is 1. The molecule has 1 aliphatic carbocycles. The maximum atomic E-state index is 12.8. The van der Waals surface area contributed by atoms with Crippen molar-refractivity contribution in [3.05, 3.63) is 103 Å². The Morgan fingerprint density at radius 3 is 2.62 bits per heavy atom. The molecule has 2 aromatic carbocycles. The highest BCUT2D eigenvalue weighted by Crippen LogP contribution is 2.40. The van der Waals surface area contributed by atoms with Crippen LogP contribution in [0, 0.1) is 0 Å². The summed E-state index contributed by atoms with van der Waals surface area (Å²) in [5.41, 5.74) is 6.63. The second-order valence-electron chi connectivity index (χ2n) is 8.05. The zero-order valence-corrected chi connectivity index (χ0v) is 19.4. The highest BCUT2D eigenvalue weighted by molar-refractivity contribution is 7.89. The predicted octanol–water partition coefficient (Wildman–Crippen LogP) is 4.63. The van der Waals surface area contributed by atoms with Gasteiger partial charge in [-0.2, -0.15) is 5.10 Å². The maximum absolute atomic E-state index is 12.8. The Morgan fingerprint density at radius 1 is 1.06 bits per heavy atom. The van der Waals surface area contributed by atoms with E-state index >= 15 is 0 Å². The summed E-state index contributed by atoms with van der Waals surface area (Å²) in [4.78, 5) is 4.13. The lowest BCUT2D eigenvalue weighted by Gasteiger charge is -2.13. The SMILES string of the molecule is CO/C=C\NS(=O)(=O)C1CCc2cc(-c3cn(-c4ccccc4)nc3-c3ccncc3)ccc21. The Balaban J connectivity index is 1.55. The maximum Gasteiger partial charge on any atom is 0.239 e. The largest absolute Gasteiger partial charge is 0.503 e. The van der Waals surface area contributed by atoms with E-state index in [1.54, 1.807) is 12.4 Å². The summed E-state index contributed by atoms with van der Waals surface area (Å²) in [6.45, 7) is 0. The molecule has 4 aromatic rings. The highest BCUT2D eigenvalue weighted by atomic mass is 32.2. The molecule has 2 aromatic heterocycles. The van der Waals surface area contributed by atoms with Crippen molar-refractivity contribution in [3.63, 3.8) is 0 Å². The van der Waals surface area contributed by atoms with Crippen LogP contribution >= 0.6 is 0 Å². The average molecular weight is 473 g/mol. The van der Waals surface area contributed by atoms with Crippen molar-refractivity contribution < 1.29 is 13.2 Å². The van der Waals surface area contributed by atoms with Crippen molar-refractivity contribution in [3.8, 4) is 28.1 Å². The van der Waals surface area contributed by atoms with E-state index in [2.05, 4.69) is 15.8 Å². The van der Waals surface area contributed by atoms with Gasteiger partial charge in [0.2, 0.25) is 10.0 Å². The smallest absolute Gasteiger partial charge is 0.239 e. The zero-order chi connectivity index (χ0) is 23.5. The van der Waals surface area contributed by atoms with Crippen molar-refractivity contribution in [1.82, 2.24) is 19.5 Å². The summed E-state index contributed by atoms with van der Waals surface area (Å²) in [6.07, 6.45) is 9.37. The van der Waals surface area contributed by atoms with E-state index in [1.165, 1.54) is 19.6 Å². The molecule has 5 rings (SSSR count). The van der Waals surface area contributed by atoms with Crippen molar-refractivity contribution >= 4 is 10.0 Å². The van der Waals surface area contributed by atoms with Gasteiger partial charge in [0.1, 0.15) is 10.9 Å². The molecule has 0 aliphatic heterocycles. The van der Waals surface area contributed by atoms with Crippen molar-refractivity contribution in [2.24, 2.45) is 0 Å². The minimum atomic E-state index is -3.55. The quantitative estimate of drug-likeness (QED) is 0.397. The number of nitrogens with zero attached hydrogens (tertiary/aromatic N) is 3. The van der Waals surface area contributed by atoms with Crippen LogP contribution in [0.2, 0.25) is 0 Å². The number of para-hydroxylation sites is 1. The van der Waals surface area contributed by atoms with Crippen LogP contribution in [0.25, 0.3) is 28.1 Å². The van der Waals surface area contributed by atoms with Crippen molar-refractivity contribution in [2.75, 3.05) is 7.11 Å². The number of ether oxygens (including phenoxy) is 1. The van der Waals surface area contributed by atoms with Gasteiger partial charge in [-0.3, -0.25) is 9.71 Å². The number of hydrogen-bond donors (Lipinski definition) is 1. The lowest BCUT2D eigenvalue weighted by Crippen LogP contribution is -2.23. The number of benzene rings is 2. The Hall–Kier alpha value is -3.91. The first-order valence-electron chi connectivity index (χ1n) is 10.9. The molecule has 34 heavy (non-hydrogen) atoms. The molecule has 1 N–H and O–H groups in total. The first-order chi connectivity index (χ1) is 16.6. The molecule has 0 amide bonds. The van der Waals surface area contributed by atoms with E-state index in [1.807, 2.05) is 65.5 Å². The van der Waals surface area contributed by atoms with Gasteiger partial charge in [-0.15, -0.1) is 0 Å². The van der Waals surface area contributed by atoms with Crippen LogP contribution in [0.5, 0.6) is 0 Å². The fraction of sp³-hybridized carbons (Fsp3) is 0.154. The first kappa shape index (κ1) is 21.9. The second kappa shape index (κ2) is 9.15. The fourth-order valence-corrected chi connectivity index (χ4v) is 5.76. The normalized spacial score (nSPS) is 15.4. The molecule has 0 bridgehead atoms. The minimum absolute atomic E-state index is 0.537. The fourth-order valence-electron chi connectivity index (χ4n) is 4.36. The van der Waals surface area contributed by atoms with Gasteiger partial charge in [-0.25, -0.2) is 13.1 Å². The van der Waals surface area contributed by atoms with E-state index in [9.17, 15) is 8.42 Å². The van der Waals surface area contributed by atoms with Gasteiger partial charge in [-0.05, 0) is 53.8 Å². The van der Waals surface area contributed by atoms with Gasteiger partial charge in [0, 0.05) is 35.9 Å². The lowest BCUT2D eigenvalue weighted by atomic mass is 9.99.